The normalized spacial score (nSPS) is 26.8. The summed E-state index contributed by atoms with van der Waals surface area (Å²) < 4.78 is 13.7. The molecule has 2 rings (SSSR count). The van der Waals surface area contributed by atoms with Gasteiger partial charge in [0.05, 0.1) is 6.10 Å². The summed E-state index contributed by atoms with van der Waals surface area (Å²) in [5, 5.41) is 10.6. The molecule has 1 saturated carbocycles. The first kappa shape index (κ1) is 12.8. The molecule has 1 nitrogen and oxygen atoms in total. The molecule has 1 aromatic rings. The minimum Gasteiger partial charge on any atom is -0.388 e. The van der Waals surface area contributed by atoms with Gasteiger partial charge in [-0.25, -0.2) is 4.39 Å². The molecule has 1 aliphatic rings. The molecular formula is C14H18ClFO. The molecule has 17 heavy (non-hydrogen) atoms. The molecule has 1 aliphatic carbocycles. The molecule has 1 fully saturated rings. The summed E-state index contributed by atoms with van der Waals surface area (Å²) in [4.78, 5) is 0. The van der Waals surface area contributed by atoms with Crippen LogP contribution in [0.4, 0.5) is 4.39 Å². The Bertz CT molecular complexity index is 374. The van der Waals surface area contributed by atoms with Crippen LogP contribution < -0.4 is 0 Å². The number of hydrogen-bond donors (Lipinski definition) is 1. The van der Waals surface area contributed by atoms with E-state index in [2.05, 4.69) is 6.92 Å². The molecule has 3 unspecified atom stereocenters. The van der Waals surface area contributed by atoms with Crippen LogP contribution in [0.1, 0.15) is 44.3 Å². The molecule has 3 heteroatoms. The van der Waals surface area contributed by atoms with Crippen LogP contribution in [0.25, 0.3) is 0 Å². The predicted octanol–water partition coefficient (Wildman–Crippen LogP) is 4.34. The maximum atomic E-state index is 13.7. The summed E-state index contributed by atoms with van der Waals surface area (Å²) in [6.07, 6.45) is 3.44. The summed E-state index contributed by atoms with van der Waals surface area (Å²) in [5.74, 6) is 0.338. The van der Waals surface area contributed by atoms with E-state index in [1.807, 2.05) is 0 Å². The van der Waals surface area contributed by atoms with Crippen molar-refractivity contribution in [2.45, 2.75) is 38.7 Å². The quantitative estimate of drug-likeness (QED) is 0.835. The van der Waals surface area contributed by atoms with Crippen molar-refractivity contribution in [3.63, 3.8) is 0 Å². The van der Waals surface area contributed by atoms with Crippen molar-refractivity contribution in [2.75, 3.05) is 0 Å². The van der Waals surface area contributed by atoms with Crippen LogP contribution in [0.15, 0.2) is 18.2 Å². The van der Waals surface area contributed by atoms with Gasteiger partial charge in [0.2, 0.25) is 0 Å². The van der Waals surface area contributed by atoms with Crippen LogP contribution in [0.3, 0.4) is 0 Å². The summed E-state index contributed by atoms with van der Waals surface area (Å²) in [5.41, 5.74) is 0.272. The Morgan fingerprint density at radius 2 is 2.18 bits per heavy atom. The molecule has 0 heterocycles. The highest BCUT2D eigenvalue weighted by molar-refractivity contribution is 6.31. The van der Waals surface area contributed by atoms with Crippen LogP contribution in [-0.4, -0.2) is 5.11 Å². The standard InChI is InChI=1S/C14H18ClFO/c1-9-4-2-5-10(8-9)14(17)13-11(15)6-3-7-12(13)16/h3,6-7,9-10,14,17H,2,4-5,8H2,1H3. The maximum Gasteiger partial charge on any atom is 0.130 e. The van der Waals surface area contributed by atoms with Gasteiger partial charge in [0.25, 0.3) is 0 Å². The van der Waals surface area contributed by atoms with E-state index in [1.165, 1.54) is 12.5 Å². The summed E-state index contributed by atoms with van der Waals surface area (Å²) in [6.45, 7) is 2.18. The largest absolute Gasteiger partial charge is 0.388 e. The lowest BCUT2D eigenvalue weighted by Crippen LogP contribution is -2.21. The Hall–Kier alpha value is -0.600. The van der Waals surface area contributed by atoms with E-state index < -0.39 is 11.9 Å². The van der Waals surface area contributed by atoms with Crippen molar-refractivity contribution in [1.29, 1.82) is 0 Å². The summed E-state index contributed by atoms with van der Waals surface area (Å²) >= 11 is 5.98. The van der Waals surface area contributed by atoms with Crippen molar-refractivity contribution in [1.82, 2.24) is 0 Å². The molecular weight excluding hydrogens is 239 g/mol. The number of aliphatic hydroxyl groups excluding tert-OH is 1. The Balaban J connectivity index is 2.21. The highest BCUT2D eigenvalue weighted by Gasteiger charge is 2.29. The number of aliphatic hydroxyl groups is 1. The van der Waals surface area contributed by atoms with E-state index >= 15 is 0 Å². The minimum atomic E-state index is -0.772. The highest BCUT2D eigenvalue weighted by atomic mass is 35.5. The monoisotopic (exact) mass is 256 g/mol. The van der Waals surface area contributed by atoms with Gasteiger partial charge in [0.15, 0.2) is 0 Å². The first-order valence-corrected chi connectivity index (χ1v) is 6.59. The maximum absolute atomic E-state index is 13.7. The van der Waals surface area contributed by atoms with Crippen LogP contribution in [0.5, 0.6) is 0 Å². The van der Waals surface area contributed by atoms with Crippen LogP contribution in [0.2, 0.25) is 5.02 Å². The molecule has 0 aromatic heterocycles. The van der Waals surface area contributed by atoms with Gasteiger partial charge in [-0.3, -0.25) is 0 Å². The summed E-state index contributed by atoms with van der Waals surface area (Å²) in [7, 11) is 0. The van der Waals surface area contributed by atoms with E-state index in [0.717, 1.165) is 19.3 Å². The molecule has 94 valence electrons. The molecule has 0 spiro atoms. The second-order valence-corrected chi connectivity index (χ2v) is 5.52. The summed E-state index contributed by atoms with van der Waals surface area (Å²) in [6, 6.07) is 4.56. The first-order valence-electron chi connectivity index (χ1n) is 6.21. The molecule has 0 aliphatic heterocycles. The zero-order valence-electron chi connectivity index (χ0n) is 10.00. The van der Waals surface area contributed by atoms with Gasteiger partial charge >= 0.3 is 0 Å². The number of benzene rings is 1. The van der Waals surface area contributed by atoms with E-state index in [1.54, 1.807) is 12.1 Å². The van der Waals surface area contributed by atoms with Gasteiger partial charge in [-0.1, -0.05) is 37.4 Å². The lowest BCUT2D eigenvalue weighted by atomic mass is 9.78. The Labute approximate surface area is 107 Å². The fraction of sp³-hybridized carbons (Fsp3) is 0.571. The van der Waals surface area contributed by atoms with Crippen LogP contribution in [-0.2, 0) is 0 Å². The third-order valence-corrected chi connectivity index (χ3v) is 4.05. The zero-order chi connectivity index (χ0) is 12.4. The number of halogens is 2. The van der Waals surface area contributed by atoms with E-state index in [4.69, 9.17) is 11.6 Å². The van der Waals surface area contributed by atoms with Gasteiger partial charge in [0, 0.05) is 10.6 Å². The smallest absolute Gasteiger partial charge is 0.130 e. The van der Waals surface area contributed by atoms with Crippen molar-refractivity contribution in [3.8, 4) is 0 Å². The van der Waals surface area contributed by atoms with E-state index in [0.29, 0.717) is 10.9 Å². The number of hydrogen-bond acceptors (Lipinski definition) is 1. The SMILES string of the molecule is CC1CCCC(C(O)c2c(F)cccc2Cl)C1. The average molecular weight is 257 g/mol. The average Bonchev–Trinajstić information content (AvgIpc) is 2.28. The first-order chi connectivity index (χ1) is 8.09. The molecule has 0 saturated heterocycles. The molecule has 3 atom stereocenters. The second-order valence-electron chi connectivity index (χ2n) is 5.11. The van der Waals surface area contributed by atoms with Gasteiger partial charge in [0.1, 0.15) is 5.82 Å². The Morgan fingerprint density at radius 3 is 2.82 bits per heavy atom. The van der Waals surface area contributed by atoms with Gasteiger partial charge in [-0.05, 0) is 36.8 Å². The fourth-order valence-corrected chi connectivity index (χ4v) is 3.07. The van der Waals surface area contributed by atoms with E-state index in [-0.39, 0.29) is 11.5 Å². The second kappa shape index (κ2) is 5.36. The predicted molar refractivity (Wildman–Crippen MR) is 67.5 cm³/mol. The van der Waals surface area contributed by atoms with Crippen LogP contribution >= 0.6 is 11.6 Å². The fourth-order valence-electron chi connectivity index (χ4n) is 2.80. The topological polar surface area (TPSA) is 20.2 Å². The van der Waals surface area contributed by atoms with Gasteiger partial charge in [-0.15, -0.1) is 0 Å². The van der Waals surface area contributed by atoms with Gasteiger partial charge in [-0.2, -0.15) is 0 Å². The van der Waals surface area contributed by atoms with Crippen molar-refractivity contribution in [2.24, 2.45) is 11.8 Å². The molecule has 0 bridgehead atoms. The lowest BCUT2D eigenvalue weighted by molar-refractivity contribution is 0.0686. The lowest BCUT2D eigenvalue weighted by Gasteiger charge is -2.31. The third kappa shape index (κ3) is 2.80. The molecule has 0 amide bonds. The zero-order valence-corrected chi connectivity index (χ0v) is 10.8. The van der Waals surface area contributed by atoms with Crippen LogP contribution in [0, 0.1) is 17.7 Å². The molecule has 1 aromatic carbocycles. The Morgan fingerprint density at radius 1 is 1.41 bits per heavy atom. The van der Waals surface area contributed by atoms with Crippen molar-refractivity contribution >= 4 is 11.6 Å². The Kier molecular flexibility index (Phi) is 4.05. The van der Waals surface area contributed by atoms with Gasteiger partial charge < -0.3 is 5.11 Å². The third-order valence-electron chi connectivity index (χ3n) is 3.72. The minimum absolute atomic E-state index is 0.133. The molecule has 0 radical (unpaired) electrons. The van der Waals surface area contributed by atoms with E-state index in [9.17, 15) is 9.50 Å². The number of rotatable bonds is 2. The van der Waals surface area contributed by atoms with Crippen molar-refractivity contribution < 1.29 is 9.50 Å². The highest BCUT2D eigenvalue weighted by Crippen LogP contribution is 2.39. The molecule has 1 N–H and O–H groups in total. The van der Waals surface area contributed by atoms with Crippen molar-refractivity contribution in [3.05, 3.63) is 34.6 Å².